The highest BCUT2D eigenvalue weighted by atomic mass is 28.4. The third-order valence-corrected chi connectivity index (χ3v) is 35.9. The van der Waals surface area contributed by atoms with Crippen molar-refractivity contribution >= 4 is 28.2 Å². The van der Waals surface area contributed by atoms with Crippen LogP contribution in [0.15, 0.2) is 0 Å². The topological polar surface area (TPSA) is 124 Å². The van der Waals surface area contributed by atoms with Crippen LogP contribution in [-0.4, -0.2) is 71.0 Å². The smallest absolute Gasteiger partial charge is 0.179 e. The SMILES string of the molecule is C#C[C@@H]1CC2C3CC[C@H]4C[C@](O)(CC(C)(C)[Si](C)(C)O[Si](C)(C)C(C)(C)C[C@@]5(O)CC[C@@]6(C)C(CCC7C6CC[C@@]6(C)C7C[C@H](C#C)[C@@]6(O)C(C)=O)C5)CC[C@]4(C)C3CC[C@]2(C)[C@@]1(O)C(C)=O. The normalized spacial score (nSPS) is 49.7. The van der Waals surface area contributed by atoms with Crippen LogP contribution in [0.3, 0.4) is 0 Å². The molecule has 0 saturated heterocycles. The maximum absolute atomic E-state index is 13.1. The lowest BCUT2D eigenvalue weighted by molar-refractivity contribution is -0.180. The van der Waals surface area contributed by atoms with Crippen LogP contribution in [0, 0.1) is 106 Å². The number of aliphatic hydroxyl groups is 4. The Labute approximate surface area is 409 Å². The fourth-order valence-corrected chi connectivity index (χ4v) is 28.5. The monoisotopic (exact) mass is 959 g/mol. The minimum Gasteiger partial charge on any atom is -0.455 e. The largest absolute Gasteiger partial charge is 0.455 e. The molecule has 4 N–H and O–H groups in total. The Morgan fingerprint density at radius 1 is 0.567 bits per heavy atom. The third kappa shape index (κ3) is 7.30. The van der Waals surface area contributed by atoms with Gasteiger partial charge in [-0.25, -0.2) is 0 Å². The average Bonchev–Trinajstić information content (AvgIpc) is 3.61. The summed E-state index contributed by atoms with van der Waals surface area (Å²) in [4.78, 5) is 26.2. The molecule has 9 heteroatoms. The van der Waals surface area contributed by atoms with Crippen LogP contribution < -0.4 is 0 Å². The Kier molecular flexibility index (Phi) is 12.5. The van der Waals surface area contributed by atoms with Crippen molar-refractivity contribution in [1.29, 1.82) is 0 Å². The lowest BCUT2D eigenvalue weighted by Gasteiger charge is -2.63. The van der Waals surface area contributed by atoms with Crippen LogP contribution in [-0.2, 0) is 13.7 Å². The van der Waals surface area contributed by atoms with Gasteiger partial charge in [0.2, 0.25) is 0 Å². The molecule has 8 rings (SSSR count). The number of rotatable bonds is 10. The zero-order valence-electron chi connectivity index (χ0n) is 44.7. The van der Waals surface area contributed by atoms with Crippen LogP contribution in [0.2, 0.25) is 36.3 Å². The standard InChI is InChI=1S/C58H94O7Si2/c1-17-39-31-47-43-21-19-41-33-55(61,29-27-51(41,9)45(43)23-25-53(47,11)57(39,63)37(3)59)35-49(5,6)66(13,14)65-67(15,16)50(7,8)36-56(62)30-28-52(10)42(34-56)20-22-44-46(52)24-26-54(12)48(44)32-40(18-2)58(54,64)38(4)60/h1-2,39-48,61-64H,19-36H2,3-16H3/t39-,40+,41+,42?,43?,44?,45?,46?,47?,48?,51+,52+,53+,54+,55+,56-,57-,58+/m1/s1. The Morgan fingerprint density at radius 2 is 0.910 bits per heavy atom. The van der Waals surface area contributed by atoms with E-state index >= 15 is 0 Å². The number of terminal acetylenes is 2. The van der Waals surface area contributed by atoms with E-state index in [1.54, 1.807) is 0 Å². The quantitative estimate of drug-likeness (QED) is 0.127. The molecule has 0 spiro atoms. The number of hydrogen-bond acceptors (Lipinski definition) is 7. The van der Waals surface area contributed by atoms with Gasteiger partial charge in [0.05, 0.1) is 23.0 Å². The van der Waals surface area contributed by atoms with Gasteiger partial charge in [0.1, 0.15) is 11.2 Å². The van der Waals surface area contributed by atoms with E-state index in [2.05, 4.69) is 93.4 Å². The molecule has 0 amide bonds. The van der Waals surface area contributed by atoms with Gasteiger partial charge in [0.25, 0.3) is 0 Å². The van der Waals surface area contributed by atoms with Gasteiger partial charge in [-0.15, -0.1) is 12.8 Å². The Hall–Kier alpha value is -1.31. The molecule has 0 aromatic carbocycles. The molecule has 0 radical (unpaired) electrons. The number of ketones is 2. The van der Waals surface area contributed by atoms with E-state index in [-0.39, 0.29) is 44.3 Å². The van der Waals surface area contributed by atoms with E-state index in [9.17, 15) is 30.0 Å². The highest BCUT2D eigenvalue weighted by molar-refractivity contribution is 6.87. The van der Waals surface area contributed by atoms with E-state index in [1.165, 1.54) is 13.8 Å². The van der Waals surface area contributed by atoms with E-state index in [0.717, 1.165) is 116 Å². The third-order valence-electron chi connectivity index (χ3n) is 24.9. The van der Waals surface area contributed by atoms with Crippen molar-refractivity contribution in [2.45, 2.75) is 243 Å². The summed E-state index contributed by atoms with van der Waals surface area (Å²) in [5, 5.41) is 49.1. The van der Waals surface area contributed by atoms with Crippen molar-refractivity contribution in [3.8, 4) is 24.7 Å². The van der Waals surface area contributed by atoms with Crippen molar-refractivity contribution in [3.05, 3.63) is 0 Å². The second-order valence-electron chi connectivity index (χ2n) is 28.9. The summed E-state index contributed by atoms with van der Waals surface area (Å²) < 4.78 is 7.66. The second-order valence-corrected chi connectivity index (χ2v) is 38.4. The van der Waals surface area contributed by atoms with Gasteiger partial charge < -0.3 is 24.5 Å². The van der Waals surface area contributed by atoms with Crippen LogP contribution >= 0.6 is 0 Å². The molecule has 7 unspecified atom stereocenters. The molecule has 8 fully saturated rings. The highest BCUT2D eigenvalue weighted by Gasteiger charge is 2.72. The first kappa shape index (κ1) is 52.0. The summed E-state index contributed by atoms with van der Waals surface area (Å²) in [5.74, 6) is 7.75. The van der Waals surface area contributed by atoms with Gasteiger partial charge in [-0.2, -0.15) is 0 Å². The van der Waals surface area contributed by atoms with E-state index in [0.29, 0.717) is 35.5 Å². The molecule has 376 valence electrons. The zero-order chi connectivity index (χ0) is 49.8. The lowest BCUT2D eigenvalue weighted by atomic mass is 9.43. The summed E-state index contributed by atoms with van der Waals surface area (Å²) in [5.41, 5.74) is -5.17. The molecule has 8 aliphatic rings. The van der Waals surface area contributed by atoms with Gasteiger partial charge in [-0.05, 0) is 224 Å². The van der Waals surface area contributed by atoms with Gasteiger partial charge in [0, 0.05) is 10.8 Å². The van der Waals surface area contributed by atoms with Gasteiger partial charge in [-0.3, -0.25) is 9.59 Å². The summed E-state index contributed by atoms with van der Waals surface area (Å²) in [6, 6.07) is 0. The molecular formula is C58H94O7Si2. The first-order valence-corrected chi connectivity index (χ1v) is 33.0. The Bertz CT molecular complexity index is 1940. The number of carbonyl (C=O) groups is 2. The Balaban J connectivity index is 0.909. The highest BCUT2D eigenvalue weighted by Crippen LogP contribution is 2.72. The van der Waals surface area contributed by atoms with Gasteiger partial charge in [-0.1, -0.05) is 67.2 Å². The molecule has 8 saturated carbocycles. The molecule has 67 heavy (non-hydrogen) atoms. The number of fused-ring (bicyclic) bond motifs is 10. The summed E-state index contributed by atoms with van der Waals surface area (Å²) in [6.45, 7) is 31.3. The second kappa shape index (κ2) is 16.1. The minimum atomic E-state index is -2.44. The van der Waals surface area contributed by atoms with Crippen LogP contribution in [0.1, 0.15) is 185 Å². The van der Waals surface area contributed by atoms with Crippen molar-refractivity contribution < 1.29 is 34.1 Å². The summed E-state index contributed by atoms with van der Waals surface area (Å²) in [7, 11) is -4.89. The number of carbonyl (C=O) groups excluding carboxylic acids is 2. The van der Waals surface area contributed by atoms with Crippen LogP contribution in [0.5, 0.6) is 0 Å². The zero-order valence-corrected chi connectivity index (χ0v) is 46.7. The van der Waals surface area contributed by atoms with E-state index in [4.69, 9.17) is 17.0 Å². The van der Waals surface area contributed by atoms with Crippen molar-refractivity contribution in [3.63, 3.8) is 0 Å². The maximum atomic E-state index is 13.1. The molecule has 0 aromatic heterocycles. The molecular weight excluding hydrogens is 865 g/mol. The fourth-order valence-electron chi connectivity index (χ4n) is 19.7. The van der Waals surface area contributed by atoms with E-state index < -0.39 is 61.7 Å². The average molecular weight is 960 g/mol. The van der Waals surface area contributed by atoms with Crippen LogP contribution in [0.25, 0.3) is 0 Å². The predicted octanol–water partition coefficient (Wildman–Crippen LogP) is 11.7. The number of hydrogen-bond donors (Lipinski definition) is 4. The molecule has 0 bridgehead atoms. The fraction of sp³-hybridized carbons (Fsp3) is 0.897. The maximum Gasteiger partial charge on any atom is 0.179 e. The number of Topliss-reactive ketones (excluding diaryl/α,β-unsaturated/α-hetero) is 2. The molecule has 8 aliphatic carbocycles. The first-order chi connectivity index (χ1) is 30.6. The lowest BCUT2D eigenvalue weighted by Crippen LogP contribution is -2.61. The molecule has 0 heterocycles. The minimum absolute atomic E-state index is 0.116. The summed E-state index contributed by atoms with van der Waals surface area (Å²) in [6.07, 6.45) is 28.1. The predicted molar refractivity (Wildman–Crippen MR) is 273 cm³/mol. The van der Waals surface area contributed by atoms with Crippen molar-refractivity contribution in [2.75, 3.05) is 0 Å². The molecule has 0 aromatic rings. The molecule has 0 aliphatic heterocycles. The molecule has 18 atom stereocenters. The first-order valence-electron chi connectivity index (χ1n) is 27.1. The van der Waals surface area contributed by atoms with Crippen molar-refractivity contribution in [1.82, 2.24) is 0 Å². The van der Waals surface area contributed by atoms with Gasteiger partial charge >= 0.3 is 0 Å². The Morgan fingerprint density at radius 3 is 1.22 bits per heavy atom. The van der Waals surface area contributed by atoms with E-state index in [1.807, 2.05) is 0 Å². The van der Waals surface area contributed by atoms with Crippen LogP contribution in [0.4, 0.5) is 0 Å². The summed E-state index contributed by atoms with van der Waals surface area (Å²) >= 11 is 0. The molecule has 7 nitrogen and oxygen atoms in total. The van der Waals surface area contributed by atoms with Crippen molar-refractivity contribution in [2.24, 2.45) is 80.8 Å². The van der Waals surface area contributed by atoms with Gasteiger partial charge in [0.15, 0.2) is 28.2 Å².